The fourth-order valence-electron chi connectivity index (χ4n) is 2.84. The molecule has 24 heavy (non-hydrogen) atoms. The Morgan fingerprint density at radius 1 is 1.08 bits per heavy atom. The molecule has 0 aromatic carbocycles. The van der Waals surface area contributed by atoms with E-state index < -0.39 is 0 Å². The number of nitrogens with two attached hydrogens (primary N) is 2. The van der Waals surface area contributed by atoms with Gasteiger partial charge in [0.15, 0.2) is 0 Å². The Morgan fingerprint density at radius 2 is 1.88 bits per heavy atom. The highest BCUT2D eigenvalue weighted by molar-refractivity contribution is 6.04. The summed E-state index contributed by atoms with van der Waals surface area (Å²) in [6.07, 6.45) is 5.22. The molecule has 1 unspecified atom stereocenters. The van der Waals surface area contributed by atoms with Crippen LogP contribution < -0.4 is 11.5 Å². The molecule has 0 bridgehead atoms. The molecule has 4 N–H and O–H groups in total. The molecule has 0 fully saturated rings. The van der Waals surface area contributed by atoms with Crippen molar-refractivity contribution < 1.29 is 0 Å². The van der Waals surface area contributed by atoms with Crippen LogP contribution in [-0.4, -0.2) is 21.6 Å². The molecule has 2 heterocycles. The quantitative estimate of drug-likeness (QED) is 0.483. The van der Waals surface area contributed by atoms with Crippen molar-refractivity contribution in [3.8, 4) is 0 Å². The van der Waals surface area contributed by atoms with Crippen molar-refractivity contribution in [1.82, 2.24) is 9.97 Å². The van der Waals surface area contributed by atoms with Gasteiger partial charge in [-0.3, -0.25) is 9.97 Å². The number of halogens is 2. The number of hydrogen-bond acceptors (Lipinski definition) is 4. The number of hydrogen-bond donors (Lipinski definition) is 2. The van der Waals surface area contributed by atoms with Gasteiger partial charge in [-0.25, -0.2) is 0 Å². The van der Waals surface area contributed by atoms with E-state index in [-0.39, 0.29) is 36.7 Å². The van der Waals surface area contributed by atoms with Gasteiger partial charge in [0.05, 0.1) is 11.4 Å². The summed E-state index contributed by atoms with van der Waals surface area (Å²) in [5, 5.41) is 8.08. The maximum absolute atomic E-state index is 5.41. The van der Waals surface area contributed by atoms with Gasteiger partial charge in [0.2, 0.25) is 5.96 Å². The number of rotatable bonds is 2. The number of aryl methyl sites for hydroxylation is 1. The third-order valence-electron chi connectivity index (χ3n) is 3.80. The van der Waals surface area contributed by atoms with Crippen LogP contribution in [0.3, 0.4) is 0 Å². The average Bonchev–Trinajstić information content (AvgIpc) is 2.53. The van der Waals surface area contributed by atoms with Crippen LogP contribution in [0.1, 0.15) is 34.9 Å². The van der Waals surface area contributed by atoms with Crippen LogP contribution in [0.5, 0.6) is 0 Å². The Morgan fingerprint density at radius 3 is 2.54 bits per heavy atom. The summed E-state index contributed by atoms with van der Waals surface area (Å²) in [6.45, 7) is 2.05. The van der Waals surface area contributed by atoms with E-state index in [0.717, 1.165) is 41.1 Å². The minimum Gasteiger partial charge on any atom is -0.369 e. The molecule has 6 nitrogen and oxygen atoms in total. The summed E-state index contributed by atoms with van der Waals surface area (Å²) < 4.78 is 0. The topological polar surface area (TPSA) is 103 Å². The summed E-state index contributed by atoms with van der Waals surface area (Å²) in [4.78, 5) is 8.97. The molecule has 0 amide bonds. The molecule has 1 atom stereocenters. The second kappa shape index (κ2) is 8.61. The molecule has 2 aromatic heterocycles. The number of pyridine rings is 2. The lowest BCUT2D eigenvalue weighted by molar-refractivity contribution is 0.657. The van der Waals surface area contributed by atoms with E-state index in [1.807, 2.05) is 37.4 Å². The van der Waals surface area contributed by atoms with Crippen LogP contribution in [0, 0.1) is 6.92 Å². The summed E-state index contributed by atoms with van der Waals surface area (Å²) in [6, 6.07) is 7.92. The first-order valence-corrected chi connectivity index (χ1v) is 7.16. The zero-order valence-electron chi connectivity index (χ0n) is 13.2. The van der Waals surface area contributed by atoms with Crippen molar-refractivity contribution in [1.29, 1.82) is 0 Å². The van der Waals surface area contributed by atoms with Crippen LogP contribution in [0.4, 0.5) is 0 Å². The third-order valence-corrected chi connectivity index (χ3v) is 3.80. The second-order valence-corrected chi connectivity index (χ2v) is 5.38. The Labute approximate surface area is 153 Å². The Hall–Kier alpha value is -2.18. The van der Waals surface area contributed by atoms with E-state index >= 15 is 0 Å². The van der Waals surface area contributed by atoms with Gasteiger partial charge in [-0.15, -0.1) is 29.9 Å². The SMILES string of the molecule is Cc1ccnc2c1/C(=N/N=C(N)N)CC(c1ccccn1)C2.Cl.Cl. The summed E-state index contributed by atoms with van der Waals surface area (Å²) in [5.74, 6) is 0.187. The van der Waals surface area contributed by atoms with Gasteiger partial charge in [-0.1, -0.05) is 6.07 Å². The fraction of sp³-hybridized carbons (Fsp3) is 0.250. The Balaban J connectivity index is 0.00000144. The molecule has 0 saturated carbocycles. The molecule has 0 spiro atoms. The van der Waals surface area contributed by atoms with E-state index in [0.29, 0.717) is 0 Å². The first-order chi connectivity index (χ1) is 10.6. The predicted octanol–water partition coefficient (Wildman–Crippen LogP) is 2.34. The van der Waals surface area contributed by atoms with E-state index in [2.05, 4.69) is 20.2 Å². The van der Waals surface area contributed by atoms with Gasteiger partial charge < -0.3 is 11.5 Å². The van der Waals surface area contributed by atoms with Crippen molar-refractivity contribution in [3.05, 3.63) is 59.2 Å². The number of aromatic nitrogens is 2. The Kier molecular flexibility index (Phi) is 7.13. The summed E-state index contributed by atoms with van der Waals surface area (Å²) >= 11 is 0. The molecular formula is C16H20Cl2N6. The number of guanidine groups is 1. The van der Waals surface area contributed by atoms with E-state index in [9.17, 15) is 0 Å². The van der Waals surface area contributed by atoms with Gasteiger partial charge in [0.25, 0.3) is 0 Å². The second-order valence-electron chi connectivity index (χ2n) is 5.38. The van der Waals surface area contributed by atoms with E-state index in [1.165, 1.54) is 0 Å². The number of nitrogens with zero attached hydrogens (tertiary/aromatic N) is 4. The minimum absolute atomic E-state index is 0. The van der Waals surface area contributed by atoms with Gasteiger partial charge in [0, 0.05) is 36.0 Å². The maximum atomic E-state index is 5.41. The lowest BCUT2D eigenvalue weighted by Gasteiger charge is -2.25. The highest BCUT2D eigenvalue weighted by Gasteiger charge is 2.27. The summed E-state index contributed by atoms with van der Waals surface area (Å²) in [5.41, 5.74) is 15.9. The van der Waals surface area contributed by atoms with Gasteiger partial charge in [-0.2, -0.15) is 5.10 Å². The molecule has 0 aliphatic heterocycles. The van der Waals surface area contributed by atoms with Crippen molar-refractivity contribution in [2.45, 2.75) is 25.7 Å². The lowest BCUT2D eigenvalue weighted by atomic mass is 9.82. The van der Waals surface area contributed by atoms with Gasteiger partial charge in [0.1, 0.15) is 0 Å². The first kappa shape index (κ1) is 19.9. The van der Waals surface area contributed by atoms with E-state index in [1.54, 1.807) is 6.20 Å². The zero-order chi connectivity index (χ0) is 15.5. The molecule has 128 valence electrons. The van der Waals surface area contributed by atoms with Crippen LogP contribution in [0.2, 0.25) is 0 Å². The van der Waals surface area contributed by atoms with Crippen molar-refractivity contribution in [3.63, 3.8) is 0 Å². The molecule has 0 saturated heterocycles. The fourth-order valence-corrected chi connectivity index (χ4v) is 2.84. The van der Waals surface area contributed by atoms with Gasteiger partial charge >= 0.3 is 0 Å². The van der Waals surface area contributed by atoms with Gasteiger partial charge in [-0.05, 0) is 37.1 Å². The van der Waals surface area contributed by atoms with Crippen LogP contribution >= 0.6 is 24.8 Å². The summed E-state index contributed by atoms with van der Waals surface area (Å²) in [7, 11) is 0. The number of fused-ring (bicyclic) bond motifs is 1. The van der Waals surface area contributed by atoms with Crippen molar-refractivity contribution in [2.24, 2.45) is 21.7 Å². The maximum Gasteiger partial charge on any atom is 0.211 e. The van der Waals surface area contributed by atoms with E-state index in [4.69, 9.17) is 11.5 Å². The molecule has 2 aromatic rings. The molecule has 1 aliphatic rings. The van der Waals surface area contributed by atoms with Crippen LogP contribution in [0.25, 0.3) is 0 Å². The molecular weight excluding hydrogens is 347 g/mol. The molecule has 3 rings (SSSR count). The van der Waals surface area contributed by atoms with Crippen LogP contribution in [-0.2, 0) is 6.42 Å². The minimum atomic E-state index is -0.0458. The standard InChI is InChI=1S/C16H18N6.2ClH/c1-10-5-7-20-13-8-11(12-4-2-3-6-19-12)9-14(15(10)13)21-22-16(17)18;;/h2-7,11H,8-9H2,1H3,(H4,17,18,22);2*1H/b21-14+;;. The highest BCUT2D eigenvalue weighted by atomic mass is 35.5. The largest absolute Gasteiger partial charge is 0.369 e. The molecule has 8 heteroatoms. The van der Waals surface area contributed by atoms with Crippen molar-refractivity contribution >= 4 is 36.5 Å². The average molecular weight is 367 g/mol. The van der Waals surface area contributed by atoms with Crippen molar-refractivity contribution in [2.75, 3.05) is 0 Å². The van der Waals surface area contributed by atoms with Crippen LogP contribution in [0.15, 0.2) is 46.9 Å². The predicted molar refractivity (Wildman–Crippen MR) is 101 cm³/mol. The third kappa shape index (κ3) is 4.21. The monoisotopic (exact) mass is 366 g/mol. The zero-order valence-corrected chi connectivity index (χ0v) is 14.8. The Bertz CT molecular complexity index is 741. The molecule has 0 radical (unpaired) electrons. The first-order valence-electron chi connectivity index (χ1n) is 7.16. The highest BCUT2D eigenvalue weighted by Crippen LogP contribution is 2.32. The lowest BCUT2D eigenvalue weighted by Crippen LogP contribution is -2.24. The molecule has 1 aliphatic carbocycles. The smallest absolute Gasteiger partial charge is 0.211 e. The normalized spacial score (nSPS) is 17.2.